The van der Waals surface area contributed by atoms with Crippen LogP contribution in [0.15, 0.2) is 54.6 Å². The minimum atomic E-state index is -3.13. The minimum Gasteiger partial charge on any atom is -0.481 e. The molecule has 0 saturated carbocycles. The Hall–Kier alpha value is -2.41. The lowest BCUT2D eigenvalue weighted by molar-refractivity contribution is -0.140. The van der Waals surface area contributed by atoms with Crippen LogP contribution in [0, 0.1) is 5.82 Å². The van der Waals surface area contributed by atoms with E-state index >= 15 is 0 Å². The van der Waals surface area contributed by atoms with Crippen molar-refractivity contribution in [2.45, 2.75) is 32.0 Å². The van der Waals surface area contributed by atoms with Gasteiger partial charge >= 0.3 is 0 Å². The number of ether oxygens (including phenoxy) is 1. The summed E-state index contributed by atoms with van der Waals surface area (Å²) < 4.78 is 42.5. The van der Waals surface area contributed by atoms with Crippen molar-refractivity contribution in [1.82, 2.24) is 4.90 Å². The summed E-state index contributed by atoms with van der Waals surface area (Å²) >= 11 is 0. The van der Waals surface area contributed by atoms with Gasteiger partial charge in [0, 0.05) is 12.6 Å². The van der Waals surface area contributed by atoms with Gasteiger partial charge in [0.1, 0.15) is 11.6 Å². The third kappa shape index (κ3) is 5.07. The highest BCUT2D eigenvalue weighted by molar-refractivity contribution is 7.91. The fourth-order valence-electron chi connectivity index (χ4n) is 3.19. The largest absolute Gasteiger partial charge is 0.481 e. The average molecular weight is 391 g/mol. The molecule has 0 bridgehead atoms. The predicted octanol–water partition coefficient (Wildman–Crippen LogP) is 2.81. The molecule has 0 aromatic heterocycles. The number of hydrogen-bond acceptors (Lipinski definition) is 4. The summed E-state index contributed by atoms with van der Waals surface area (Å²) in [5.74, 6) is -0.234. The molecule has 27 heavy (non-hydrogen) atoms. The molecular formula is C20H22FNO4S. The molecule has 0 radical (unpaired) electrons. The zero-order valence-corrected chi connectivity index (χ0v) is 15.9. The van der Waals surface area contributed by atoms with E-state index in [1.54, 1.807) is 11.8 Å². The van der Waals surface area contributed by atoms with E-state index in [9.17, 15) is 17.6 Å². The Morgan fingerprint density at radius 1 is 1.19 bits per heavy atom. The Kier molecular flexibility index (Phi) is 5.79. The maximum Gasteiger partial charge on any atom is 0.263 e. The van der Waals surface area contributed by atoms with Crippen molar-refractivity contribution < 1.29 is 22.3 Å². The molecule has 0 spiro atoms. The van der Waals surface area contributed by atoms with Crippen molar-refractivity contribution in [3.05, 3.63) is 66.0 Å². The fraction of sp³-hybridized carbons (Fsp3) is 0.350. The van der Waals surface area contributed by atoms with Crippen LogP contribution < -0.4 is 4.74 Å². The van der Waals surface area contributed by atoms with E-state index in [-0.39, 0.29) is 29.3 Å². The van der Waals surface area contributed by atoms with E-state index in [0.29, 0.717) is 18.7 Å². The van der Waals surface area contributed by atoms with Crippen molar-refractivity contribution in [3.63, 3.8) is 0 Å². The van der Waals surface area contributed by atoms with Crippen molar-refractivity contribution in [2.24, 2.45) is 0 Å². The molecule has 2 atom stereocenters. The Morgan fingerprint density at radius 2 is 1.85 bits per heavy atom. The van der Waals surface area contributed by atoms with Crippen LogP contribution in [0.4, 0.5) is 4.39 Å². The van der Waals surface area contributed by atoms with E-state index in [4.69, 9.17) is 4.74 Å². The van der Waals surface area contributed by atoms with Crippen LogP contribution in [0.5, 0.6) is 5.75 Å². The lowest BCUT2D eigenvalue weighted by Crippen LogP contribution is -2.46. The van der Waals surface area contributed by atoms with Gasteiger partial charge in [-0.15, -0.1) is 0 Å². The number of hydrogen-bond donors (Lipinski definition) is 0. The van der Waals surface area contributed by atoms with Crippen molar-refractivity contribution in [3.8, 4) is 5.75 Å². The number of carbonyl (C=O) groups is 1. The fourth-order valence-corrected chi connectivity index (χ4v) is 4.92. The Bertz CT molecular complexity index is 884. The van der Waals surface area contributed by atoms with Gasteiger partial charge < -0.3 is 9.64 Å². The summed E-state index contributed by atoms with van der Waals surface area (Å²) in [6.07, 6.45) is -0.396. The van der Waals surface area contributed by atoms with Crippen LogP contribution >= 0.6 is 0 Å². The predicted molar refractivity (Wildman–Crippen MR) is 101 cm³/mol. The minimum absolute atomic E-state index is 0.0329. The van der Waals surface area contributed by atoms with Crippen LogP contribution in [-0.2, 0) is 21.2 Å². The quantitative estimate of drug-likeness (QED) is 0.760. The van der Waals surface area contributed by atoms with Gasteiger partial charge in [-0.05, 0) is 43.2 Å². The molecule has 1 amide bonds. The molecule has 1 aliphatic heterocycles. The molecular weight excluding hydrogens is 369 g/mol. The first-order valence-electron chi connectivity index (χ1n) is 8.81. The number of sulfone groups is 1. The first-order chi connectivity index (χ1) is 12.8. The first-order valence-corrected chi connectivity index (χ1v) is 10.6. The molecule has 2 aromatic rings. The zero-order valence-electron chi connectivity index (χ0n) is 15.0. The van der Waals surface area contributed by atoms with Crippen molar-refractivity contribution >= 4 is 15.7 Å². The molecule has 7 heteroatoms. The van der Waals surface area contributed by atoms with Crippen molar-refractivity contribution in [1.29, 1.82) is 0 Å². The van der Waals surface area contributed by atoms with Crippen LogP contribution in [0.25, 0.3) is 0 Å². The third-order valence-electron chi connectivity index (χ3n) is 4.60. The summed E-state index contributed by atoms with van der Waals surface area (Å²) in [6.45, 7) is 1.93. The van der Waals surface area contributed by atoms with Crippen LogP contribution in [0.2, 0.25) is 0 Å². The van der Waals surface area contributed by atoms with E-state index in [2.05, 4.69) is 0 Å². The molecule has 0 N–H and O–H groups in total. The standard InChI is InChI=1S/C20H22FNO4S/c1-15(26-19-9-7-17(21)8-10-19)20(23)22(13-16-5-3-2-4-6-16)18-11-12-27(24,25)14-18/h2-10,15,18H,11-14H2,1H3. The number of nitrogens with zero attached hydrogens (tertiary/aromatic N) is 1. The molecule has 5 nitrogen and oxygen atoms in total. The van der Waals surface area contributed by atoms with Gasteiger partial charge in [0.25, 0.3) is 5.91 Å². The second-order valence-corrected chi connectivity index (χ2v) is 8.95. The second kappa shape index (κ2) is 8.08. The van der Waals surface area contributed by atoms with Gasteiger partial charge in [0.15, 0.2) is 15.9 Å². The molecule has 1 fully saturated rings. The first kappa shape index (κ1) is 19.4. The van der Waals surface area contributed by atoms with E-state index in [0.717, 1.165) is 5.56 Å². The summed E-state index contributed by atoms with van der Waals surface area (Å²) in [5.41, 5.74) is 0.920. The Balaban J connectivity index is 1.78. The van der Waals surface area contributed by atoms with Gasteiger partial charge in [-0.2, -0.15) is 0 Å². The zero-order chi connectivity index (χ0) is 19.4. The molecule has 3 rings (SSSR count). The van der Waals surface area contributed by atoms with E-state index in [1.165, 1.54) is 24.3 Å². The van der Waals surface area contributed by atoms with Crippen LogP contribution in [0.1, 0.15) is 18.9 Å². The second-order valence-electron chi connectivity index (χ2n) is 6.72. The lowest BCUT2D eigenvalue weighted by Gasteiger charge is -2.31. The molecule has 1 saturated heterocycles. The maximum atomic E-state index is 13.0. The summed E-state index contributed by atoms with van der Waals surface area (Å²) in [6, 6.07) is 14.5. The van der Waals surface area contributed by atoms with Gasteiger partial charge in [0.05, 0.1) is 11.5 Å². The maximum absolute atomic E-state index is 13.0. The Morgan fingerprint density at radius 3 is 2.44 bits per heavy atom. The number of benzene rings is 2. The molecule has 2 unspecified atom stereocenters. The lowest BCUT2D eigenvalue weighted by atomic mass is 10.1. The van der Waals surface area contributed by atoms with Crippen molar-refractivity contribution in [2.75, 3.05) is 11.5 Å². The van der Waals surface area contributed by atoms with E-state index in [1.807, 2.05) is 30.3 Å². The van der Waals surface area contributed by atoms with Gasteiger partial charge in [-0.3, -0.25) is 4.79 Å². The van der Waals surface area contributed by atoms with Gasteiger partial charge in [0.2, 0.25) is 0 Å². The topological polar surface area (TPSA) is 63.7 Å². The number of amides is 1. The molecule has 2 aromatic carbocycles. The Labute approximate surface area is 158 Å². The molecule has 1 aliphatic rings. The van der Waals surface area contributed by atoms with Crippen LogP contribution in [-0.4, -0.2) is 42.9 Å². The summed E-state index contributed by atoms with van der Waals surface area (Å²) in [4.78, 5) is 14.6. The summed E-state index contributed by atoms with van der Waals surface area (Å²) in [5, 5.41) is 0. The normalized spacial score (nSPS) is 19.4. The smallest absolute Gasteiger partial charge is 0.263 e. The summed E-state index contributed by atoms with van der Waals surface area (Å²) in [7, 11) is -3.13. The molecule has 1 heterocycles. The van der Waals surface area contributed by atoms with E-state index < -0.39 is 15.9 Å². The van der Waals surface area contributed by atoms with Crippen LogP contribution in [0.3, 0.4) is 0 Å². The number of halogens is 1. The van der Waals surface area contributed by atoms with Gasteiger partial charge in [-0.1, -0.05) is 30.3 Å². The molecule has 144 valence electrons. The third-order valence-corrected chi connectivity index (χ3v) is 6.35. The highest BCUT2D eigenvalue weighted by Crippen LogP contribution is 2.22. The van der Waals surface area contributed by atoms with Gasteiger partial charge in [-0.25, -0.2) is 12.8 Å². The number of rotatable bonds is 6. The monoisotopic (exact) mass is 391 g/mol. The average Bonchev–Trinajstić information content (AvgIpc) is 3.01. The SMILES string of the molecule is CC(Oc1ccc(F)cc1)C(=O)N(Cc1ccccc1)C1CCS(=O)(=O)C1. The number of carbonyl (C=O) groups excluding carboxylic acids is 1. The molecule has 0 aliphatic carbocycles. The highest BCUT2D eigenvalue weighted by atomic mass is 32.2. The highest BCUT2D eigenvalue weighted by Gasteiger charge is 2.36.